The van der Waals surface area contributed by atoms with Gasteiger partial charge < -0.3 is 15.1 Å². The topological polar surface area (TPSA) is 118 Å². The van der Waals surface area contributed by atoms with Crippen molar-refractivity contribution in [3.8, 4) is 11.5 Å². The first-order valence-corrected chi connectivity index (χ1v) is 12.4. The van der Waals surface area contributed by atoms with Crippen molar-refractivity contribution in [3.63, 3.8) is 0 Å². The van der Waals surface area contributed by atoms with Gasteiger partial charge in [0.15, 0.2) is 0 Å². The SMILES string of the molecule is CC(C)CC(C)(N)c1nnc(-c2cc(N(C)CC3CC3C)nc(N(C)S(C)(=O)=O)c2)o1. The van der Waals surface area contributed by atoms with Crippen LogP contribution in [0.3, 0.4) is 0 Å². The summed E-state index contributed by atoms with van der Waals surface area (Å²) in [6.45, 7) is 9.12. The van der Waals surface area contributed by atoms with Gasteiger partial charge in [0.25, 0.3) is 0 Å². The average molecular weight is 451 g/mol. The molecule has 2 N–H and O–H groups in total. The number of nitrogens with zero attached hydrogens (tertiary/aromatic N) is 5. The van der Waals surface area contributed by atoms with E-state index in [9.17, 15) is 8.42 Å². The molecule has 0 amide bonds. The van der Waals surface area contributed by atoms with E-state index >= 15 is 0 Å². The van der Waals surface area contributed by atoms with Gasteiger partial charge in [-0.05, 0) is 49.7 Å². The van der Waals surface area contributed by atoms with Gasteiger partial charge >= 0.3 is 0 Å². The molecule has 2 aromatic rings. The molecule has 2 heterocycles. The number of pyridine rings is 1. The molecule has 9 nitrogen and oxygen atoms in total. The fourth-order valence-electron chi connectivity index (χ4n) is 3.76. The number of sulfonamides is 1. The van der Waals surface area contributed by atoms with Gasteiger partial charge in [-0.2, -0.15) is 0 Å². The summed E-state index contributed by atoms with van der Waals surface area (Å²) in [5.41, 5.74) is 6.27. The van der Waals surface area contributed by atoms with Crippen molar-refractivity contribution < 1.29 is 12.8 Å². The molecule has 31 heavy (non-hydrogen) atoms. The number of hydrogen-bond donors (Lipinski definition) is 1. The van der Waals surface area contributed by atoms with Crippen LogP contribution in [0, 0.1) is 17.8 Å². The minimum absolute atomic E-state index is 0.287. The average Bonchev–Trinajstić information content (AvgIpc) is 3.14. The third kappa shape index (κ3) is 5.54. The van der Waals surface area contributed by atoms with Gasteiger partial charge in [-0.25, -0.2) is 13.4 Å². The molecule has 3 atom stereocenters. The summed E-state index contributed by atoms with van der Waals surface area (Å²) in [6.07, 6.45) is 3.03. The zero-order chi connectivity index (χ0) is 23.1. The number of hydrogen-bond acceptors (Lipinski definition) is 8. The predicted molar refractivity (Wildman–Crippen MR) is 122 cm³/mol. The smallest absolute Gasteiger partial charge is 0.248 e. The van der Waals surface area contributed by atoms with Crippen LogP contribution in [0.5, 0.6) is 0 Å². The second-order valence-electron chi connectivity index (χ2n) is 9.58. The molecule has 3 unspecified atom stereocenters. The van der Waals surface area contributed by atoms with Crippen molar-refractivity contribution in [2.24, 2.45) is 23.5 Å². The van der Waals surface area contributed by atoms with E-state index in [1.807, 2.05) is 24.9 Å². The normalized spacial score (nSPS) is 20.5. The van der Waals surface area contributed by atoms with Crippen LogP contribution in [-0.4, -0.2) is 50.5 Å². The lowest BCUT2D eigenvalue weighted by molar-refractivity contribution is 0.302. The van der Waals surface area contributed by atoms with E-state index in [2.05, 4.69) is 36.0 Å². The molecular formula is C21H34N6O3S. The molecular weight excluding hydrogens is 416 g/mol. The maximum Gasteiger partial charge on any atom is 0.248 e. The molecule has 0 spiro atoms. The van der Waals surface area contributed by atoms with Gasteiger partial charge in [0.05, 0.1) is 11.8 Å². The van der Waals surface area contributed by atoms with Crippen molar-refractivity contribution >= 4 is 21.7 Å². The minimum Gasteiger partial charge on any atom is -0.419 e. The quantitative estimate of drug-likeness (QED) is 0.619. The van der Waals surface area contributed by atoms with Crippen LogP contribution in [-0.2, 0) is 15.6 Å². The van der Waals surface area contributed by atoms with E-state index in [-0.39, 0.29) is 5.89 Å². The standard InChI is InChI=1S/C21H34N6O3S/c1-13(2)11-21(4,22)20-25-24-19(30-20)15-9-17(26(5)12-16-8-14(16)3)23-18(10-15)27(6)31(7,28)29/h9-10,13-14,16H,8,11-12,22H2,1-7H3. The lowest BCUT2D eigenvalue weighted by Crippen LogP contribution is -2.34. The fourth-order valence-corrected chi connectivity index (χ4v) is 4.19. The Morgan fingerprint density at radius 1 is 1.26 bits per heavy atom. The van der Waals surface area contributed by atoms with Crippen LogP contribution >= 0.6 is 0 Å². The summed E-state index contributed by atoms with van der Waals surface area (Å²) < 4.78 is 31.4. The van der Waals surface area contributed by atoms with Crippen molar-refractivity contribution in [2.45, 2.75) is 46.1 Å². The van der Waals surface area contributed by atoms with Crippen molar-refractivity contribution in [1.29, 1.82) is 0 Å². The maximum atomic E-state index is 12.1. The summed E-state index contributed by atoms with van der Waals surface area (Å²) in [7, 11) is -0.0449. The van der Waals surface area contributed by atoms with E-state index in [4.69, 9.17) is 10.2 Å². The van der Waals surface area contributed by atoms with Crippen molar-refractivity contribution in [3.05, 3.63) is 18.0 Å². The van der Waals surface area contributed by atoms with Gasteiger partial charge in [0.1, 0.15) is 11.6 Å². The van der Waals surface area contributed by atoms with Crippen LogP contribution in [0.25, 0.3) is 11.5 Å². The van der Waals surface area contributed by atoms with Crippen LogP contribution < -0.4 is 14.9 Å². The molecule has 3 rings (SSSR count). The first kappa shape index (κ1) is 23.5. The van der Waals surface area contributed by atoms with Crippen molar-refractivity contribution in [2.75, 3.05) is 36.1 Å². The zero-order valence-corrected chi connectivity index (χ0v) is 20.3. The first-order valence-electron chi connectivity index (χ1n) is 10.6. The Bertz CT molecular complexity index is 1030. The van der Waals surface area contributed by atoms with Crippen LogP contribution in [0.15, 0.2) is 16.5 Å². The summed E-state index contributed by atoms with van der Waals surface area (Å²) >= 11 is 0. The lowest BCUT2D eigenvalue weighted by Gasteiger charge is -2.23. The summed E-state index contributed by atoms with van der Waals surface area (Å²) in [6, 6.07) is 3.49. The second kappa shape index (κ2) is 8.38. The molecule has 0 saturated heterocycles. The van der Waals surface area contributed by atoms with E-state index in [1.54, 1.807) is 6.07 Å². The third-order valence-corrected chi connectivity index (χ3v) is 6.97. The highest BCUT2D eigenvalue weighted by Crippen LogP contribution is 2.39. The Hall–Kier alpha value is -2.20. The molecule has 1 aliphatic carbocycles. The Morgan fingerprint density at radius 3 is 2.42 bits per heavy atom. The molecule has 0 aromatic carbocycles. The molecule has 0 aliphatic heterocycles. The Balaban J connectivity index is 2.00. The van der Waals surface area contributed by atoms with Gasteiger partial charge in [0.2, 0.25) is 21.8 Å². The highest BCUT2D eigenvalue weighted by Gasteiger charge is 2.34. The monoisotopic (exact) mass is 450 g/mol. The molecule has 2 aromatic heterocycles. The fraction of sp³-hybridized carbons (Fsp3) is 0.667. The molecule has 172 valence electrons. The Kier molecular flexibility index (Phi) is 6.35. The van der Waals surface area contributed by atoms with Gasteiger partial charge in [-0.1, -0.05) is 20.8 Å². The van der Waals surface area contributed by atoms with Crippen LogP contribution in [0.4, 0.5) is 11.6 Å². The van der Waals surface area contributed by atoms with E-state index in [0.29, 0.717) is 47.3 Å². The Labute approximate surface area is 185 Å². The predicted octanol–water partition coefficient (Wildman–Crippen LogP) is 2.84. The molecule has 0 radical (unpaired) electrons. The molecule has 0 bridgehead atoms. The molecule has 10 heteroatoms. The Morgan fingerprint density at radius 2 is 1.87 bits per heavy atom. The second-order valence-corrected chi connectivity index (χ2v) is 11.6. The number of rotatable bonds is 9. The van der Waals surface area contributed by atoms with Gasteiger partial charge in [-0.15, -0.1) is 10.2 Å². The first-order chi connectivity index (χ1) is 14.3. The summed E-state index contributed by atoms with van der Waals surface area (Å²) in [5.74, 6) is 3.28. The van der Waals surface area contributed by atoms with E-state index < -0.39 is 15.6 Å². The molecule has 1 aliphatic rings. The lowest BCUT2D eigenvalue weighted by atomic mass is 9.92. The molecule has 1 fully saturated rings. The van der Waals surface area contributed by atoms with E-state index in [0.717, 1.165) is 17.1 Å². The summed E-state index contributed by atoms with van der Waals surface area (Å²) in [5, 5.41) is 8.37. The maximum absolute atomic E-state index is 12.1. The molecule has 1 saturated carbocycles. The van der Waals surface area contributed by atoms with E-state index in [1.165, 1.54) is 13.5 Å². The van der Waals surface area contributed by atoms with Gasteiger partial charge in [0, 0.05) is 26.2 Å². The van der Waals surface area contributed by atoms with Crippen molar-refractivity contribution in [1.82, 2.24) is 15.2 Å². The van der Waals surface area contributed by atoms with Crippen LogP contribution in [0.2, 0.25) is 0 Å². The number of anilines is 2. The summed E-state index contributed by atoms with van der Waals surface area (Å²) in [4.78, 5) is 6.63. The van der Waals surface area contributed by atoms with Gasteiger partial charge in [-0.3, -0.25) is 4.31 Å². The minimum atomic E-state index is -3.48. The zero-order valence-electron chi connectivity index (χ0n) is 19.5. The largest absolute Gasteiger partial charge is 0.419 e. The van der Waals surface area contributed by atoms with Crippen LogP contribution in [0.1, 0.15) is 46.4 Å². The highest BCUT2D eigenvalue weighted by molar-refractivity contribution is 7.92. The number of aromatic nitrogens is 3. The number of nitrogens with two attached hydrogens (primary N) is 1. The highest BCUT2D eigenvalue weighted by atomic mass is 32.2. The third-order valence-electron chi connectivity index (χ3n) is 5.79.